The molecule has 1 amide bonds. The highest BCUT2D eigenvalue weighted by Gasteiger charge is 2.29. The van der Waals surface area contributed by atoms with Crippen molar-refractivity contribution in [2.24, 2.45) is 7.05 Å². The third kappa shape index (κ3) is 3.78. The summed E-state index contributed by atoms with van der Waals surface area (Å²) in [6.07, 6.45) is 2.54. The van der Waals surface area contributed by atoms with Gasteiger partial charge in [-0.1, -0.05) is 18.2 Å². The van der Waals surface area contributed by atoms with Crippen LogP contribution in [0.1, 0.15) is 33.7 Å². The van der Waals surface area contributed by atoms with Gasteiger partial charge in [0.1, 0.15) is 5.82 Å². The van der Waals surface area contributed by atoms with Crippen molar-refractivity contribution in [2.75, 3.05) is 20.2 Å². The minimum Gasteiger partial charge on any atom is -0.395 e. The van der Waals surface area contributed by atoms with Crippen LogP contribution in [0.25, 0.3) is 0 Å². The number of likely N-dealkylation sites (N-methyl/N-ethyl adjacent to an activating group) is 1. The summed E-state index contributed by atoms with van der Waals surface area (Å²) in [6.45, 7) is 0.850. The number of amides is 1. The number of fused-ring (bicyclic) bond motifs is 1. The van der Waals surface area contributed by atoms with Gasteiger partial charge in [0.25, 0.3) is 5.91 Å². The molecular formula is C19H25FN4O2. The van der Waals surface area contributed by atoms with Crippen molar-refractivity contribution in [2.45, 2.75) is 31.8 Å². The first-order valence-corrected chi connectivity index (χ1v) is 8.88. The summed E-state index contributed by atoms with van der Waals surface area (Å²) in [5.74, 6) is -0.614. The number of aliphatic hydroxyl groups excluding tert-OH is 1. The van der Waals surface area contributed by atoms with E-state index in [-0.39, 0.29) is 30.9 Å². The van der Waals surface area contributed by atoms with Crippen molar-refractivity contribution in [3.05, 3.63) is 52.6 Å². The molecule has 7 heteroatoms. The molecular weight excluding hydrogens is 335 g/mol. The number of hydrogen-bond acceptors (Lipinski definition) is 4. The minimum atomic E-state index is -0.332. The van der Waals surface area contributed by atoms with Crippen LogP contribution in [0.15, 0.2) is 24.3 Å². The lowest BCUT2D eigenvalue weighted by Crippen LogP contribution is -2.38. The van der Waals surface area contributed by atoms with Crippen LogP contribution in [0, 0.1) is 5.82 Å². The van der Waals surface area contributed by atoms with E-state index < -0.39 is 0 Å². The number of carbonyl (C=O) groups is 1. The van der Waals surface area contributed by atoms with Crippen LogP contribution in [-0.2, 0) is 26.4 Å². The molecule has 0 unspecified atom stereocenters. The first-order valence-electron chi connectivity index (χ1n) is 8.88. The van der Waals surface area contributed by atoms with Crippen LogP contribution in [0.2, 0.25) is 0 Å². The zero-order valence-electron chi connectivity index (χ0n) is 15.2. The standard InChI is InChI=1S/C19H25FN4O2/c1-23(9-10-25)14-7-8-17-15(11-14)18(22-24(17)2)19(26)21-12-13-5-3-4-6-16(13)20/h3-6,14,25H,7-12H2,1-2H3,(H,21,26)/t14-/m0/s1. The third-order valence-corrected chi connectivity index (χ3v) is 5.12. The molecule has 2 N–H and O–H groups in total. The molecule has 0 aliphatic heterocycles. The van der Waals surface area contributed by atoms with Gasteiger partial charge in [-0.25, -0.2) is 4.39 Å². The molecule has 6 nitrogen and oxygen atoms in total. The van der Waals surface area contributed by atoms with E-state index >= 15 is 0 Å². The lowest BCUT2D eigenvalue weighted by atomic mass is 9.90. The Labute approximate surface area is 152 Å². The Morgan fingerprint density at radius 3 is 2.96 bits per heavy atom. The highest BCUT2D eigenvalue weighted by molar-refractivity contribution is 5.94. The van der Waals surface area contributed by atoms with Crippen molar-refractivity contribution in [1.82, 2.24) is 20.0 Å². The molecule has 140 valence electrons. The molecule has 1 aliphatic rings. The number of carbonyl (C=O) groups excluding carboxylic acids is 1. The Kier molecular flexibility index (Phi) is 5.68. The summed E-state index contributed by atoms with van der Waals surface area (Å²) in [6, 6.07) is 6.68. The number of aromatic nitrogens is 2. The van der Waals surface area contributed by atoms with E-state index in [4.69, 9.17) is 5.11 Å². The average molecular weight is 360 g/mol. The van der Waals surface area contributed by atoms with Gasteiger partial charge in [-0.15, -0.1) is 0 Å². The van der Waals surface area contributed by atoms with E-state index in [1.54, 1.807) is 22.9 Å². The highest BCUT2D eigenvalue weighted by atomic mass is 19.1. The summed E-state index contributed by atoms with van der Waals surface area (Å²) < 4.78 is 15.5. The fourth-order valence-corrected chi connectivity index (χ4v) is 3.57. The Morgan fingerprint density at radius 1 is 1.46 bits per heavy atom. The number of nitrogens with zero attached hydrogens (tertiary/aromatic N) is 3. The fraction of sp³-hybridized carbons (Fsp3) is 0.474. The van der Waals surface area contributed by atoms with Gasteiger partial charge in [-0.05, 0) is 32.4 Å². The third-order valence-electron chi connectivity index (χ3n) is 5.12. The normalized spacial score (nSPS) is 16.6. The molecule has 0 saturated heterocycles. The van der Waals surface area contributed by atoms with Gasteiger partial charge in [0.05, 0.1) is 6.61 Å². The maximum Gasteiger partial charge on any atom is 0.272 e. The maximum absolute atomic E-state index is 13.7. The van der Waals surface area contributed by atoms with Crippen LogP contribution in [0.4, 0.5) is 4.39 Å². The number of halogens is 1. The summed E-state index contributed by atoms with van der Waals surface area (Å²) in [5.41, 5.74) is 2.90. The molecule has 1 heterocycles. The molecule has 26 heavy (non-hydrogen) atoms. The monoisotopic (exact) mass is 360 g/mol. The van der Waals surface area contributed by atoms with E-state index in [1.165, 1.54) is 6.07 Å². The SMILES string of the molecule is CN(CCO)[C@H]1CCc2c(c(C(=O)NCc3ccccc3F)nn2C)C1. The zero-order valence-corrected chi connectivity index (χ0v) is 15.2. The molecule has 3 rings (SSSR count). The predicted molar refractivity (Wildman–Crippen MR) is 96.3 cm³/mol. The van der Waals surface area contributed by atoms with E-state index in [1.807, 2.05) is 14.1 Å². The van der Waals surface area contributed by atoms with Crippen molar-refractivity contribution >= 4 is 5.91 Å². The van der Waals surface area contributed by atoms with Gasteiger partial charge in [0, 0.05) is 43.0 Å². The van der Waals surface area contributed by atoms with E-state index in [2.05, 4.69) is 15.3 Å². The maximum atomic E-state index is 13.7. The van der Waals surface area contributed by atoms with Gasteiger partial charge >= 0.3 is 0 Å². The van der Waals surface area contributed by atoms with Gasteiger partial charge < -0.3 is 15.3 Å². The second-order valence-corrected chi connectivity index (χ2v) is 6.77. The van der Waals surface area contributed by atoms with Crippen LogP contribution in [-0.4, -0.2) is 51.9 Å². The number of aryl methyl sites for hydroxylation is 1. The summed E-state index contributed by atoms with van der Waals surface area (Å²) >= 11 is 0. The topological polar surface area (TPSA) is 70.4 Å². The number of nitrogens with one attached hydrogen (secondary N) is 1. The number of rotatable bonds is 6. The molecule has 0 bridgehead atoms. The Morgan fingerprint density at radius 2 is 2.23 bits per heavy atom. The average Bonchev–Trinajstić information content (AvgIpc) is 2.97. The van der Waals surface area contributed by atoms with Gasteiger partial charge in [0.15, 0.2) is 5.69 Å². The van der Waals surface area contributed by atoms with Crippen molar-refractivity contribution in [3.8, 4) is 0 Å². The summed E-state index contributed by atoms with van der Waals surface area (Å²) in [7, 11) is 3.84. The number of benzene rings is 1. The van der Waals surface area contributed by atoms with Gasteiger partial charge in [0.2, 0.25) is 0 Å². The largest absolute Gasteiger partial charge is 0.395 e. The smallest absolute Gasteiger partial charge is 0.272 e. The van der Waals surface area contributed by atoms with Crippen molar-refractivity contribution in [1.29, 1.82) is 0 Å². The predicted octanol–water partition coefficient (Wildman–Crippen LogP) is 1.27. The Hall–Kier alpha value is -2.25. The van der Waals surface area contributed by atoms with E-state index in [9.17, 15) is 9.18 Å². The van der Waals surface area contributed by atoms with Gasteiger partial charge in [-0.2, -0.15) is 5.10 Å². The Balaban J connectivity index is 1.75. The second kappa shape index (κ2) is 7.97. The molecule has 0 spiro atoms. The Bertz CT molecular complexity index is 790. The highest BCUT2D eigenvalue weighted by Crippen LogP contribution is 2.26. The fourth-order valence-electron chi connectivity index (χ4n) is 3.57. The second-order valence-electron chi connectivity index (χ2n) is 6.77. The van der Waals surface area contributed by atoms with Crippen LogP contribution < -0.4 is 5.32 Å². The molecule has 1 aromatic carbocycles. The van der Waals surface area contributed by atoms with E-state index in [0.29, 0.717) is 17.8 Å². The molecule has 0 fully saturated rings. The molecule has 1 aliphatic carbocycles. The quantitative estimate of drug-likeness (QED) is 0.814. The molecule has 1 atom stereocenters. The lowest BCUT2D eigenvalue weighted by Gasteiger charge is -2.31. The van der Waals surface area contributed by atoms with Gasteiger partial charge in [-0.3, -0.25) is 9.48 Å². The molecule has 0 radical (unpaired) electrons. The molecule has 0 saturated carbocycles. The summed E-state index contributed by atoms with van der Waals surface area (Å²) in [5, 5.41) is 16.3. The zero-order chi connectivity index (χ0) is 18.7. The van der Waals surface area contributed by atoms with Crippen molar-refractivity contribution < 1.29 is 14.3 Å². The van der Waals surface area contributed by atoms with Crippen LogP contribution >= 0.6 is 0 Å². The minimum absolute atomic E-state index is 0.114. The first-order chi connectivity index (χ1) is 12.5. The van der Waals surface area contributed by atoms with Crippen LogP contribution in [0.3, 0.4) is 0 Å². The number of hydrogen-bond donors (Lipinski definition) is 2. The molecule has 2 aromatic rings. The lowest BCUT2D eigenvalue weighted by molar-refractivity contribution is 0.0943. The summed E-state index contributed by atoms with van der Waals surface area (Å²) in [4.78, 5) is 14.8. The van der Waals surface area contributed by atoms with E-state index in [0.717, 1.165) is 30.5 Å². The first kappa shape index (κ1) is 18.5. The molecule has 1 aromatic heterocycles. The van der Waals surface area contributed by atoms with Crippen LogP contribution in [0.5, 0.6) is 0 Å². The number of aliphatic hydroxyl groups is 1. The van der Waals surface area contributed by atoms with Crippen molar-refractivity contribution in [3.63, 3.8) is 0 Å².